The molecule has 0 saturated heterocycles. The van der Waals surface area contributed by atoms with Gasteiger partial charge < -0.3 is 18.7 Å². The van der Waals surface area contributed by atoms with Crippen LogP contribution in [0.25, 0.3) is 11.4 Å². The largest absolute Gasteiger partial charge is 0.494 e. The zero-order chi connectivity index (χ0) is 21.6. The van der Waals surface area contributed by atoms with Crippen molar-refractivity contribution in [3.8, 4) is 22.9 Å². The third-order valence-corrected chi connectivity index (χ3v) is 3.79. The minimum absolute atomic E-state index is 0.000634. The highest BCUT2D eigenvalue weighted by molar-refractivity contribution is 5.71. The number of carbonyl (C=O) groups excluding carboxylic acids is 1. The lowest BCUT2D eigenvalue weighted by molar-refractivity contribution is -0.148. The van der Waals surface area contributed by atoms with Gasteiger partial charge in [0, 0.05) is 5.56 Å². The first-order chi connectivity index (χ1) is 14.3. The van der Waals surface area contributed by atoms with Gasteiger partial charge in [-0.05, 0) is 43.3 Å². The fourth-order valence-electron chi connectivity index (χ4n) is 2.36. The lowest BCUT2D eigenvalue weighted by atomic mass is 10.1. The summed E-state index contributed by atoms with van der Waals surface area (Å²) in [7, 11) is 0. The lowest BCUT2D eigenvalue weighted by Crippen LogP contribution is -2.14. The van der Waals surface area contributed by atoms with Gasteiger partial charge in [-0.2, -0.15) is 18.2 Å². The summed E-state index contributed by atoms with van der Waals surface area (Å²) >= 11 is 0. The van der Waals surface area contributed by atoms with Gasteiger partial charge in [-0.3, -0.25) is 0 Å². The minimum atomic E-state index is -4.43. The minimum Gasteiger partial charge on any atom is -0.494 e. The van der Waals surface area contributed by atoms with Crippen LogP contribution in [0.4, 0.5) is 13.2 Å². The number of alkyl halides is 3. The van der Waals surface area contributed by atoms with Gasteiger partial charge >= 0.3 is 12.1 Å². The predicted octanol–water partition coefficient (Wildman–Crippen LogP) is 4.28. The second-order valence-electron chi connectivity index (χ2n) is 5.94. The molecule has 10 heteroatoms. The molecule has 1 heterocycles. The molecule has 0 aliphatic rings. The van der Waals surface area contributed by atoms with Crippen molar-refractivity contribution in [1.29, 1.82) is 0 Å². The number of rotatable bonds is 8. The molecule has 3 rings (SSSR count). The first-order valence-corrected chi connectivity index (χ1v) is 8.86. The van der Waals surface area contributed by atoms with E-state index in [1.807, 2.05) is 6.92 Å². The van der Waals surface area contributed by atoms with Crippen molar-refractivity contribution in [2.75, 3.05) is 13.2 Å². The van der Waals surface area contributed by atoms with Crippen LogP contribution < -0.4 is 9.47 Å². The van der Waals surface area contributed by atoms with Gasteiger partial charge in [0.2, 0.25) is 5.82 Å². The van der Waals surface area contributed by atoms with Gasteiger partial charge in [0.05, 0.1) is 12.2 Å². The quantitative estimate of drug-likeness (QED) is 0.501. The lowest BCUT2D eigenvalue weighted by Gasteiger charge is -2.07. The summed E-state index contributed by atoms with van der Waals surface area (Å²) in [5.74, 6) is 0.586. The number of aromatic nitrogens is 2. The van der Waals surface area contributed by atoms with Crippen molar-refractivity contribution >= 4 is 5.97 Å². The summed E-state index contributed by atoms with van der Waals surface area (Å²) in [4.78, 5) is 15.8. The number of hydrogen-bond donors (Lipinski definition) is 0. The molecular weight excluding hydrogens is 405 g/mol. The van der Waals surface area contributed by atoms with Crippen LogP contribution in [0.1, 0.15) is 18.4 Å². The zero-order valence-corrected chi connectivity index (χ0v) is 15.8. The Morgan fingerprint density at radius 3 is 2.23 bits per heavy atom. The van der Waals surface area contributed by atoms with Crippen LogP contribution in [0.2, 0.25) is 0 Å². The van der Waals surface area contributed by atoms with E-state index in [9.17, 15) is 18.0 Å². The second-order valence-corrected chi connectivity index (χ2v) is 5.94. The maximum atomic E-state index is 12.6. The van der Waals surface area contributed by atoms with E-state index in [1.165, 1.54) is 12.1 Å². The van der Waals surface area contributed by atoms with Crippen molar-refractivity contribution in [2.45, 2.75) is 19.7 Å². The number of benzene rings is 2. The van der Waals surface area contributed by atoms with E-state index in [0.717, 1.165) is 12.1 Å². The van der Waals surface area contributed by atoms with E-state index < -0.39 is 17.7 Å². The van der Waals surface area contributed by atoms with Gasteiger partial charge in [-0.15, -0.1) is 0 Å². The fraction of sp³-hybridized carbons (Fsp3) is 0.250. The smallest absolute Gasteiger partial charge is 0.416 e. The number of esters is 1. The number of halogens is 3. The van der Waals surface area contributed by atoms with Gasteiger partial charge in [-0.1, -0.05) is 17.3 Å². The van der Waals surface area contributed by atoms with Crippen molar-refractivity contribution in [1.82, 2.24) is 10.1 Å². The molecule has 2 aromatic carbocycles. The Balaban J connectivity index is 1.48. The molecule has 0 saturated carbocycles. The van der Waals surface area contributed by atoms with E-state index in [1.54, 1.807) is 24.3 Å². The average molecular weight is 422 g/mol. The van der Waals surface area contributed by atoms with Crippen LogP contribution in [0.3, 0.4) is 0 Å². The molecular formula is C20H17F3N2O5. The molecule has 0 radical (unpaired) electrons. The number of nitrogens with zero attached hydrogens (tertiary/aromatic N) is 2. The first-order valence-electron chi connectivity index (χ1n) is 8.86. The summed E-state index contributed by atoms with van der Waals surface area (Å²) < 4.78 is 58.4. The molecule has 0 unspecified atom stereocenters. The Kier molecular flexibility index (Phi) is 6.55. The Hall–Kier alpha value is -3.56. The maximum absolute atomic E-state index is 12.6. The number of ether oxygens (including phenoxy) is 3. The second kappa shape index (κ2) is 9.29. The van der Waals surface area contributed by atoms with Crippen molar-refractivity contribution in [2.24, 2.45) is 0 Å². The molecule has 3 aromatic rings. The van der Waals surface area contributed by atoms with Crippen molar-refractivity contribution in [3.63, 3.8) is 0 Å². The molecule has 0 fully saturated rings. The Morgan fingerprint density at radius 1 is 1.00 bits per heavy atom. The predicted molar refractivity (Wildman–Crippen MR) is 97.6 cm³/mol. The van der Waals surface area contributed by atoms with Crippen LogP contribution in [-0.2, 0) is 22.3 Å². The van der Waals surface area contributed by atoms with E-state index in [0.29, 0.717) is 23.7 Å². The Bertz CT molecular complexity index is 969. The topological polar surface area (TPSA) is 83.7 Å². The molecule has 0 atom stereocenters. The zero-order valence-electron chi connectivity index (χ0n) is 15.8. The molecule has 0 N–H and O–H groups in total. The molecule has 0 bridgehead atoms. The summed E-state index contributed by atoms with van der Waals surface area (Å²) in [6, 6.07) is 11.0. The molecule has 0 spiro atoms. The summed E-state index contributed by atoms with van der Waals surface area (Å²) in [5.41, 5.74) is -0.445. The van der Waals surface area contributed by atoms with Crippen molar-refractivity contribution in [3.05, 3.63) is 60.0 Å². The summed E-state index contributed by atoms with van der Waals surface area (Å²) in [6.07, 6.45) is -4.43. The number of hydrogen-bond acceptors (Lipinski definition) is 7. The van der Waals surface area contributed by atoms with E-state index in [2.05, 4.69) is 10.1 Å². The normalized spacial score (nSPS) is 11.2. The third-order valence-electron chi connectivity index (χ3n) is 3.79. The highest BCUT2D eigenvalue weighted by Gasteiger charge is 2.30. The molecule has 0 aliphatic carbocycles. The van der Waals surface area contributed by atoms with Crippen LogP contribution in [0.15, 0.2) is 53.1 Å². The van der Waals surface area contributed by atoms with E-state index in [-0.39, 0.29) is 24.9 Å². The standard InChI is InChI=1S/C20H17F3N2O5/c1-2-27-15-7-9-16(10-8-15)28-12-18(26)29-11-17-24-19(25-30-17)13-3-5-14(6-4-13)20(21,22)23/h3-10H,2,11-12H2,1H3. The van der Waals surface area contributed by atoms with Gasteiger partial charge in [0.1, 0.15) is 11.5 Å². The van der Waals surface area contributed by atoms with Gasteiger partial charge in [0.15, 0.2) is 13.2 Å². The highest BCUT2D eigenvalue weighted by atomic mass is 19.4. The maximum Gasteiger partial charge on any atom is 0.416 e. The molecule has 0 aliphatic heterocycles. The Morgan fingerprint density at radius 2 is 1.63 bits per heavy atom. The molecule has 158 valence electrons. The fourth-order valence-corrected chi connectivity index (χ4v) is 2.36. The monoisotopic (exact) mass is 422 g/mol. The summed E-state index contributed by atoms with van der Waals surface area (Å²) in [6.45, 7) is 1.80. The molecule has 7 nitrogen and oxygen atoms in total. The highest BCUT2D eigenvalue weighted by Crippen LogP contribution is 2.30. The van der Waals surface area contributed by atoms with Crippen molar-refractivity contribution < 1.29 is 36.7 Å². The number of carbonyl (C=O) groups is 1. The van der Waals surface area contributed by atoms with E-state index in [4.69, 9.17) is 18.7 Å². The third kappa shape index (κ3) is 5.72. The van der Waals surface area contributed by atoms with Gasteiger partial charge in [-0.25, -0.2) is 4.79 Å². The molecule has 0 amide bonds. The van der Waals surface area contributed by atoms with Gasteiger partial charge in [0.25, 0.3) is 5.89 Å². The van der Waals surface area contributed by atoms with Crippen LogP contribution in [0, 0.1) is 0 Å². The SMILES string of the molecule is CCOc1ccc(OCC(=O)OCc2nc(-c3ccc(C(F)(F)F)cc3)no2)cc1. The van der Waals surface area contributed by atoms with E-state index >= 15 is 0 Å². The Labute approximate surface area is 169 Å². The molecule has 1 aromatic heterocycles. The summed E-state index contributed by atoms with van der Waals surface area (Å²) in [5, 5.41) is 3.67. The van der Waals surface area contributed by atoms with Crippen LogP contribution >= 0.6 is 0 Å². The first kappa shape index (κ1) is 21.2. The van der Waals surface area contributed by atoms with Crippen LogP contribution in [0.5, 0.6) is 11.5 Å². The molecule has 30 heavy (non-hydrogen) atoms. The average Bonchev–Trinajstić information content (AvgIpc) is 3.20. The van der Waals surface area contributed by atoms with Crippen LogP contribution in [-0.4, -0.2) is 29.3 Å².